The van der Waals surface area contributed by atoms with Crippen molar-refractivity contribution in [3.05, 3.63) is 75.4 Å². The first-order valence-corrected chi connectivity index (χ1v) is 8.01. The highest BCUT2D eigenvalue weighted by Crippen LogP contribution is 2.12. The summed E-state index contributed by atoms with van der Waals surface area (Å²) in [6.07, 6.45) is 4.17. The lowest BCUT2D eigenvalue weighted by atomic mass is 10.1. The number of urea groups is 1. The summed E-state index contributed by atoms with van der Waals surface area (Å²) in [6.45, 7) is 0.577. The lowest BCUT2D eigenvalue weighted by Gasteiger charge is -2.05. The van der Waals surface area contributed by atoms with E-state index >= 15 is 0 Å². The van der Waals surface area contributed by atoms with Gasteiger partial charge < -0.3 is 10.6 Å². The molecule has 0 radical (unpaired) electrons. The summed E-state index contributed by atoms with van der Waals surface area (Å²) in [5.41, 5.74) is 2.10. The second kappa shape index (κ2) is 8.61. The van der Waals surface area contributed by atoms with Gasteiger partial charge in [-0.15, -0.1) is 0 Å². The third-order valence-corrected chi connectivity index (χ3v) is 3.66. The van der Waals surface area contributed by atoms with Gasteiger partial charge in [-0.3, -0.25) is 0 Å². The SMILES string of the molecule is O=C(N/C=C/c1cccc(Cl)c1)NCCc1cccc(Br)c1. The number of halogens is 2. The highest BCUT2D eigenvalue weighted by Gasteiger charge is 1.98. The molecule has 0 saturated heterocycles. The van der Waals surface area contributed by atoms with E-state index in [4.69, 9.17) is 11.6 Å². The average molecular weight is 380 g/mol. The fourth-order valence-electron chi connectivity index (χ4n) is 1.89. The van der Waals surface area contributed by atoms with Gasteiger partial charge in [-0.1, -0.05) is 51.8 Å². The molecule has 0 aliphatic heterocycles. The van der Waals surface area contributed by atoms with E-state index in [1.54, 1.807) is 18.3 Å². The zero-order chi connectivity index (χ0) is 15.8. The third-order valence-electron chi connectivity index (χ3n) is 2.93. The molecule has 2 amide bonds. The van der Waals surface area contributed by atoms with E-state index in [0.29, 0.717) is 11.6 Å². The zero-order valence-corrected chi connectivity index (χ0v) is 14.2. The van der Waals surface area contributed by atoms with Gasteiger partial charge >= 0.3 is 6.03 Å². The van der Waals surface area contributed by atoms with Gasteiger partial charge in [-0.2, -0.15) is 0 Å². The van der Waals surface area contributed by atoms with Crippen LogP contribution in [0.15, 0.2) is 59.2 Å². The topological polar surface area (TPSA) is 41.1 Å². The van der Waals surface area contributed by atoms with Crippen LogP contribution in [0.4, 0.5) is 4.79 Å². The molecule has 2 aromatic rings. The van der Waals surface area contributed by atoms with Crippen molar-refractivity contribution in [2.24, 2.45) is 0 Å². The zero-order valence-electron chi connectivity index (χ0n) is 11.9. The van der Waals surface area contributed by atoms with E-state index in [2.05, 4.69) is 26.6 Å². The molecule has 0 aliphatic carbocycles. The minimum absolute atomic E-state index is 0.228. The molecule has 0 spiro atoms. The number of benzene rings is 2. The van der Waals surface area contributed by atoms with E-state index in [1.807, 2.05) is 42.5 Å². The molecule has 3 nitrogen and oxygen atoms in total. The highest BCUT2D eigenvalue weighted by molar-refractivity contribution is 9.10. The van der Waals surface area contributed by atoms with Crippen LogP contribution in [-0.4, -0.2) is 12.6 Å². The standard InChI is InChI=1S/C17H16BrClN2O/c18-15-5-1-3-13(11-15)7-9-20-17(22)21-10-8-14-4-2-6-16(19)12-14/h1-6,8,10-12H,7,9H2,(H2,20,21,22)/b10-8+. The lowest BCUT2D eigenvalue weighted by Crippen LogP contribution is -2.33. The van der Waals surface area contributed by atoms with Crippen LogP contribution in [0, 0.1) is 0 Å². The van der Waals surface area contributed by atoms with Crippen LogP contribution in [0.5, 0.6) is 0 Å². The predicted octanol–water partition coefficient (Wildman–Crippen LogP) is 4.62. The van der Waals surface area contributed by atoms with E-state index in [9.17, 15) is 4.79 Å². The first-order valence-electron chi connectivity index (χ1n) is 6.84. The minimum atomic E-state index is -0.228. The third kappa shape index (κ3) is 5.92. The minimum Gasteiger partial charge on any atom is -0.338 e. The molecular formula is C17H16BrClN2O. The molecule has 2 N–H and O–H groups in total. The summed E-state index contributed by atoms with van der Waals surface area (Å²) < 4.78 is 1.04. The Balaban J connectivity index is 1.72. The number of amides is 2. The van der Waals surface area contributed by atoms with Gasteiger partial charge in [-0.25, -0.2) is 4.79 Å². The van der Waals surface area contributed by atoms with Gasteiger partial charge in [0, 0.05) is 22.2 Å². The van der Waals surface area contributed by atoms with E-state index in [1.165, 1.54) is 5.56 Å². The van der Waals surface area contributed by atoms with Crippen LogP contribution in [0.25, 0.3) is 6.08 Å². The van der Waals surface area contributed by atoms with Crippen molar-refractivity contribution >= 4 is 39.6 Å². The van der Waals surface area contributed by atoms with Crippen LogP contribution in [0.3, 0.4) is 0 Å². The molecule has 22 heavy (non-hydrogen) atoms. The molecule has 0 unspecified atom stereocenters. The monoisotopic (exact) mass is 378 g/mol. The fraction of sp³-hybridized carbons (Fsp3) is 0.118. The number of rotatable bonds is 5. The Morgan fingerprint density at radius 1 is 1.18 bits per heavy atom. The average Bonchev–Trinajstić information content (AvgIpc) is 2.47. The largest absolute Gasteiger partial charge is 0.338 e. The Hall–Kier alpha value is -1.78. The maximum absolute atomic E-state index is 11.6. The molecule has 114 valence electrons. The van der Waals surface area contributed by atoms with Gasteiger partial charge in [0.2, 0.25) is 0 Å². The summed E-state index contributed by atoms with van der Waals surface area (Å²) in [6, 6.07) is 15.2. The Kier molecular flexibility index (Phi) is 6.49. The molecule has 2 aromatic carbocycles. The van der Waals surface area contributed by atoms with Crippen molar-refractivity contribution in [3.63, 3.8) is 0 Å². The summed E-state index contributed by atoms with van der Waals surface area (Å²) >= 11 is 9.31. The first kappa shape index (κ1) is 16.6. The van der Waals surface area contributed by atoms with Crippen molar-refractivity contribution in [2.75, 3.05) is 6.54 Å². The first-order chi connectivity index (χ1) is 10.6. The summed E-state index contributed by atoms with van der Waals surface area (Å²) in [4.78, 5) is 11.6. The van der Waals surface area contributed by atoms with E-state index < -0.39 is 0 Å². The quantitative estimate of drug-likeness (QED) is 0.782. The normalized spacial score (nSPS) is 10.6. The molecule has 0 fully saturated rings. The van der Waals surface area contributed by atoms with Crippen molar-refractivity contribution in [3.8, 4) is 0 Å². The van der Waals surface area contributed by atoms with E-state index in [0.717, 1.165) is 16.5 Å². The Labute approximate surface area is 143 Å². The van der Waals surface area contributed by atoms with Crippen molar-refractivity contribution in [1.29, 1.82) is 0 Å². The number of carbonyl (C=O) groups is 1. The van der Waals surface area contributed by atoms with Crippen molar-refractivity contribution in [2.45, 2.75) is 6.42 Å². The van der Waals surface area contributed by atoms with Crippen LogP contribution in [-0.2, 0) is 6.42 Å². The molecule has 0 heterocycles. The fourth-order valence-corrected chi connectivity index (χ4v) is 2.53. The molecule has 0 aromatic heterocycles. The van der Waals surface area contributed by atoms with Gasteiger partial charge in [0.1, 0.15) is 0 Å². The number of carbonyl (C=O) groups excluding carboxylic acids is 1. The van der Waals surface area contributed by atoms with Crippen LogP contribution in [0.2, 0.25) is 5.02 Å². The van der Waals surface area contributed by atoms with Crippen LogP contribution >= 0.6 is 27.5 Å². The highest BCUT2D eigenvalue weighted by atomic mass is 79.9. The van der Waals surface area contributed by atoms with Gasteiger partial charge in [-0.05, 0) is 47.9 Å². The smallest absolute Gasteiger partial charge is 0.318 e. The van der Waals surface area contributed by atoms with E-state index in [-0.39, 0.29) is 6.03 Å². The van der Waals surface area contributed by atoms with Crippen molar-refractivity contribution < 1.29 is 4.79 Å². The summed E-state index contributed by atoms with van der Waals surface area (Å²) in [7, 11) is 0. The van der Waals surface area contributed by atoms with Crippen molar-refractivity contribution in [1.82, 2.24) is 10.6 Å². The summed E-state index contributed by atoms with van der Waals surface area (Å²) in [5, 5.41) is 6.14. The van der Waals surface area contributed by atoms with Crippen LogP contribution < -0.4 is 10.6 Å². The Bertz CT molecular complexity index is 673. The molecule has 0 saturated carbocycles. The second-order valence-electron chi connectivity index (χ2n) is 4.67. The molecule has 5 heteroatoms. The molecule has 0 bridgehead atoms. The predicted molar refractivity (Wildman–Crippen MR) is 94.9 cm³/mol. The number of hydrogen-bond acceptors (Lipinski definition) is 1. The summed E-state index contributed by atoms with van der Waals surface area (Å²) in [5.74, 6) is 0. The van der Waals surface area contributed by atoms with Gasteiger partial charge in [0.25, 0.3) is 0 Å². The molecule has 0 atom stereocenters. The number of hydrogen-bond donors (Lipinski definition) is 2. The number of nitrogens with one attached hydrogen (secondary N) is 2. The molecule has 2 rings (SSSR count). The van der Waals surface area contributed by atoms with Crippen LogP contribution in [0.1, 0.15) is 11.1 Å². The lowest BCUT2D eigenvalue weighted by molar-refractivity contribution is 0.244. The second-order valence-corrected chi connectivity index (χ2v) is 6.02. The maximum atomic E-state index is 11.6. The molecule has 0 aliphatic rings. The molecular weight excluding hydrogens is 364 g/mol. The maximum Gasteiger partial charge on any atom is 0.318 e. The van der Waals surface area contributed by atoms with Gasteiger partial charge in [0.15, 0.2) is 0 Å². The Morgan fingerprint density at radius 2 is 2.00 bits per heavy atom. The van der Waals surface area contributed by atoms with Gasteiger partial charge in [0.05, 0.1) is 0 Å². The Morgan fingerprint density at radius 3 is 2.77 bits per heavy atom.